The molecule has 5 nitrogen and oxygen atoms in total. The Morgan fingerprint density at radius 3 is 2.90 bits per heavy atom. The zero-order chi connectivity index (χ0) is 14.7. The number of likely N-dealkylation sites (tertiary alicyclic amines) is 1. The Labute approximate surface area is 126 Å². The monoisotopic (exact) mass is 342 g/mol. The van der Waals surface area contributed by atoms with Crippen LogP contribution in [0.5, 0.6) is 0 Å². The van der Waals surface area contributed by atoms with Crippen LogP contribution in [0.15, 0.2) is 16.7 Å². The summed E-state index contributed by atoms with van der Waals surface area (Å²) < 4.78 is 2.80. The molecule has 1 aliphatic heterocycles. The number of nitrogens with zero attached hydrogens (tertiary/aromatic N) is 2. The highest BCUT2D eigenvalue weighted by Crippen LogP contribution is 2.23. The Morgan fingerprint density at radius 1 is 1.50 bits per heavy atom. The van der Waals surface area contributed by atoms with Crippen molar-refractivity contribution in [2.24, 2.45) is 5.92 Å². The summed E-state index contributed by atoms with van der Waals surface area (Å²) in [5.41, 5.74) is 0.662. The van der Waals surface area contributed by atoms with Gasteiger partial charge in [-0.1, -0.05) is 0 Å². The number of carbonyl (C=O) groups excluding carboxylic acids is 1. The second-order valence-electron chi connectivity index (χ2n) is 5.19. The number of piperidine rings is 1. The van der Waals surface area contributed by atoms with Gasteiger partial charge in [0.1, 0.15) is 5.69 Å². The van der Waals surface area contributed by atoms with Gasteiger partial charge in [0.05, 0.1) is 0 Å². The van der Waals surface area contributed by atoms with Gasteiger partial charge in [0.15, 0.2) is 0 Å². The Morgan fingerprint density at radius 2 is 2.25 bits per heavy atom. The number of aromatic nitrogens is 1. The Hall–Kier alpha value is -1.30. The highest BCUT2D eigenvalue weighted by atomic mass is 79.9. The molecule has 6 heteroatoms. The molecule has 0 spiro atoms. The summed E-state index contributed by atoms with van der Waals surface area (Å²) in [5, 5.41) is 8.88. The van der Waals surface area contributed by atoms with E-state index in [0.717, 1.165) is 23.9 Å². The molecular formula is C14H19BrN2O3. The molecule has 1 saturated heterocycles. The van der Waals surface area contributed by atoms with Crippen molar-refractivity contribution >= 4 is 27.8 Å². The first-order valence-corrected chi connectivity index (χ1v) is 7.67. The minimum atomic E-state index is -0.788. The summed E-state index contributed by atoms with van der Waals surface area (Å²) in [5.74, 6) is -0.727. The van der Waals surface area contributed by atoms with Gasteiger partial charge in [0, 0.05) is 36.7 Å². The molecule has 1 aliphatic rings. The van der Waals surface area contributed by atoms with Gasteiger partial charge in [0.25, 0.3) is 5.91 Å². The molecule has 110 valence electrons. The maximum atomic E-state index is 12.6. The largest absolute Gasteiger partial charge is 0.481 e. The topological polar surface area (TPSA) is 62.5 Å². The van der Waals surface area contributed by atoms with E-state index in [1.807, 2.05) is 23.8 Å². The molecule has 0 bridgehead atoms. The smallest absolute Gasteiger partial charge is 0.303 e. The number of carboxylic acid groups (broad SMARTS) is 1. The molecule has 1 amide bonds. The molecule has 1 aromatic rings. The van der Waals surface area contributed by atoms with E-state index in [0.29, 0.717) is 18.8 Å². The van der Waals surface area contributed by atoms with Gasteiger partial charge in [0.2, 0.25) is 0 Å². The number of aryl methyl sites for hydroxylation is 1. The molecule has 20 heavy (non-hydrogen) atoms. The van der Waals surface area contributed by atoms with Crippen LogP contribution in [0.25, 0.3) is 0 Å². The van der Waals surface area contributed by atoms with Crippen LogP contribution in [0.1, 0.15) is 36.7 Å². The van der Waals surface area contributed by atoms with Crippen molar-refractivity contribution in [3.63, 3.8) is 0 Å². The number of hydrogen-bond acceptors (Lipinski definition) is 2. The van der Waals surface area contributed by atoms with E-state index in [-0.39, 0.29) is 18.2 Å². The normalized spacial score (nSPS) is 19.1. The van der Waals surface area contributed by atoms with Crippen molar-refractivity contribution in [1.29, 1.82) is 0 Å². The number of hydrogen-bond donors (Lipinski definition) is 1. The zero-order valence-corrected chi connectivity index (χ0v) is 13.1. The Balaban J connectivity index is 2.10. The van der Waals surface area contributed by atoms with Crippen molar-refractivity contribution in [3.05, 3.63) is 22.4 Å². The van der Waals surface area contributed by atoms with Gasteiger partial charge in [-0.05, 0) is 47.7 Å². The third kappa shape index (κ3) is 3.42. The molecule has 1 unspecified atom stereocenters. The minimum absolute atomic E-state index is 0.00682. The molecular weight excluding hydrogens is 324 g/mol. The van der Waals surface area contributed by atoms with Crippen LogP contribution in [0.2, 0.25) is 0 Å². The molecule has 0 radical (unpaired) electrons. The van der Waals surface area contributed by atoms with E-state index < -0.39 is 5.97 Å². The summed E-state index contributed by atoms with van der Waals surface area (Å²) in [6.07, 6.45) is 3.79. The fourth-order valence-corrected chi connectivity index (χ4v) is 3.20. The predicted molar refractivity (Wildman–Crippen MR) is 78.7 cm³/mol. The second kappa shape index (κ2) is 6.43. The Bertz CT molecular complexity index is 513. The van der Waals surface area contributed by atoms with Crippen LogP contribution in [0.4, 0.5) is 0 Å². The van der Waals surface area contributed by atoms with Crippen molar-refractivity contribution in [2.75, 3.05) is 13.1 Å². The van der Waals surface area contributed by atoms with Gasteiger partial charge in [-0.15, -0.1) is 0 Å². The summed E-state index contributed by atoms with van der Waals surface area (Å²) >= 11 is 3.39. The van der Waals surface area contributed by atoms with E-state index in [1.165, 1.54) is 0 Å². The maximum absolute atomic E-state index is 12.6. The highest BCUT2D eigenvalue weighted by Gasteiger charge is 2.27. The average Bonchev–Trinajstić information content (AvgIpc) is 2.78. The lowest BCUT2D eigenvalue weighted by Gasteiger charge is -2.32. The van der Waals surface area contributed by atoms with Crippen molar-refractivity contribution < 1.29 is 14.7 Å². The first kappa shape index (κ1) is 15.1. The quantitative estimate of drug-likeness (QED) is 0.914. The number of carboxylic acids is 1. The highest BCUT2D eigenvalue weighted by molar-refractivity contribution is 9.10. The van der Waals surface area contributed by atoms with E-state index in [4.69, 9.17) is 5.11 Å². The fourth-order valence-electron chi connectivity index (χ4n) is 2.74. The molecule has 0 aromatic carbocycles. The van der Waals surface area contributed by atoms with Crippen LogP contribution in [-0.4, -0.2) is 39.5 Å². The van der Waals surface area contributed by atoms with E-state index in [9.17, 15) is 9.59 Å². The van der Waals surface area contributed by atoms with Gasteiger partial charge in [-0.3, -0.25) is 9.59 Å². The van der Waals surface area contributed by atoms with Crippen LogP contribution in [0, 0.1) is 5.92 Å². The third-order valence-corrected chi connectivity index (χ3v) is 4.13. The lowest BCUT2D eigenvalue weighted by molar-refractivity contribution is -0.138. The van der Waals surface area contributed by atoms with Crippen molar-refractivity contribution in [1.82, 2.24) is 9.47 Å². The third-order valence-electron chi connectivity index (χ3n) is 3.69. The molecule has 0 aliphatic carbocycles. The first-order valence-electron chi connectivity index (χ1n) is 6.88. The second-order valence-corrected chi connectivity index (χ2v) is 6.10. The molecule has 1 aromatic heterocycles. The SMILES string of the molecule is CCn1cc(Br)cc1C(=O)N1CCCC(CC(=O)O)C1. The molecule has 1 fully saturated rings. The number of carbonyl (C=O) groups is 2. The van der Waals surface area contributed by atoms with E-state index in [1.54, 1.807) is 4.90 Å². The Kier molecular flexibility index (Phi) is 4.86. The number of halogens is 1. The molecule has 0 saturated carbocycles. The molecule has 1 atom stereocenters. The minimum Gasteiger partial charge on any atom is -0.481 e. The predicted octanol–water partition coefficient (Wildman–Crippen LogP) is 2.60. The van der Waals surface area contributed by atoms with Gasteiger partial charge in [-0.2, -0.15) is 0 Å². The number of amides is 1. The summed E-state index contributed by atoms with van der Waals surface area (Å²) in [4.78, 5) is 25.1. The number of aliphatic carboxylic acids is 1. The molecule has 1 N–H and O–H groups in total. The van der Waals surface area contributed by atoms with Crippen LogP contribution < -0.4 is 0 Å². The number of rotatable bonds is 4. The van der Waals surface area contributed by atoms with E-state index in [2.05, 4.69) is 15.9 Å². The fraction of sp³-hybridized carbons (Fsp3) is 0.571. The molecule has 2 heterocycles. The lowest BCUT2D eigenvalue weighted by atomic mass is 9.94. The average molecular weight is 343 g/mol. The van der Waals surface area contributed by atoms with E-state index >= 15 is 0 Å². The lowest BCUT2D eigenvalue weighted by Crippen LogP contribution is -2.41. The van der Waals surface area contributed by atoms with Gasteiger partial charge < -0.3 is 14.6 Å². The summed E-state index contributed by atoms with van der Waals surface area (Å²) in [6, 6.07) is 1.83. The standard InChI is InChI=1S/C14H19BrN2O3/c1-2-16-9-11(15)7-12(16)14(20)17-5-3-4-10(8-17)6-13(18)19/h7,9-10H,2-6,8H2,1H3,(H,18,19). The molecule has 2 rings (SSSR count). The zero-order valence-electron chi connectivity index (χ0n) is 11.5. The van der Waals surface area contributed by atoms with Crippen LogP contribution >= 0.6 is 15.9 Å². The maximum Gasteiger partial charge on any atom is 0.303 e. The summed E-state index contributed by atoms with van der Waals surface area (Å²) in [7, 11) is 0. The van der Waals surface area contributed by atoms with Crippen LogP contribution in [0.3, 0.4) is 0 Å². The van der Waals surface area contributed by atoms with Gasteiger partial charge in [-0.25, -0.2) is 0 Å². The van der Waals surface area contributed by atoms with Crippen molar-refractivity contribution in [2.45, 2.75) is 32.7 Å². The van der Waals surface area contributed by atoms with Crippen LogP contribution in [-0.2, 0) is 11.3 Å². The van der Waals surface area contributed by atoms with Crippen molar-refractivity contribution in [3.8, 4) is 0 Å². The first-order chi connectivity index (χ1) is 9.51. The summed E-state index contributed by atoms with van der Waals surface area (Å²) in [6.45, 7) is 3.98. The van der Waals surface area contributed by atoms with Gasteiger partial charge >= 0.3 is 5.97 Å².